The predicted molar refractivity (Wildman–Crippen MR) is 65.6 cm³/mol. The number of fused-ring (bicyclic) bond motifs is 2. The van der Waals surface area contributed by atoms with E-state index in [4.69, 9.17) is 4.74 Å². The third-order valence-electron chi connectivity index (χ3n) is 3.85. The SMILES string of the molecule is OC1CC2COC[C@@H](C1)N2Cc1ccccc1. The van der Waals surface area contributed by atoms with Crippen molar-refractivity contribution in [3.63, 3.8) is 0 Å². The molecule has 3 heteroatoms. The Labute approximate surface area is 102 Å². The van der Waals surface area contributed by atoms with Crippen molar-refractivity contribution in [2.45, 2.75) is 37.6 Å². The van der Waals surface area contributed by atoms with E-state index in [-0.39, 0.29) is 6.10 Å². The highest BCUT2D eigenvalue weighted by Crippen LogP contribution is 2.29. The van der Waals surface area contributed by atoms with Crippen LogP contribution in [0.15, 0.2) is 30.3 Å². The number of benzene rings is 1. The summed E-state index contributed by atoms with van der Waals surface area (Å²) < 4.78 is 5.60. The molecule has 0 aliphatic carbocycles. The number of ether oxygens (including phenoxy) is 1. The number of rotatable bonds is 2. The Kier molecular flexibility index (Phi) is 3.14. The largest absolute Gasteiger partial charge is 0.393 e. The molecule has 2 bridgehead atoms. The molecular weight excluding hydrogens is 214 g/mol. The third kappa shape index (κ3) is 2.37. The third-order valence-corrected chi connectivity index (χ3v) is 3.85. The molecular formula is C14H19NO2. The fourth-order valence-electron chi connectivity index (χ4n) is 3.01. The molecule has 3 rings (SSSR count). The van der Waals surface area contributed by atoms with Crippen molar-refractivity contribution in [3.05, 3.63) is 35.9 Å². The molecule has 92 valence electrons. The number of piperidine rings is 1. The van der Waals surface area contributed by atoms with Gasteiger partial charge in [0.15, 0.2) is 0 Å². The standard InChI is InChI=1S/C14H19NO2/c16-14-6-12-9-17-10-13(7-14)15(12)8-11-4-2-1-3-5-11/h1-5,12-14,16H,6-10H2/t12-,13?,14?/m1/s1. The van der Waals surface area contributed by atoms with Crippen molar-refractivity contribution in [2.24, 2.45) is 0 Å². The van der Waals surface area contributed by atoms with E-state index in [0.29, 0.717) is 12.1 Å². The molecule has 3 atom stereocenters. The molecule has 0 amide bonds. The number of morpholine rings is 1. The minimum Gasteiger partial charge on any atom is -0.393 e. The predicted octanol–water partition coefficient (Wildman–Crippen LogP) is 1.41. The van der Waals surface area contributed by atoms with E-state index in [2.05, 4.69) is 29.2 Å². The fraction of sp³-hybridized carbons (Fsp3) is 0.571. The minimum atomic E-state index is -0.138. The molecule has 1 aromatic rings. The van der Waals surface area contributed by atoms with Gasteiger partial charge in [0.25, 0.3) is 0 Å². The fourth-order valence-corrected chi connectivity index (χ4v) is 3.01. The molecule has 17 heavy (non-hydrogen) atoms. The molecule has 2 fully saturated rings. The molecule has 2 unspecified atom stereocenters. The van der Waals surface area contributed by atoms with Crippen LogP contribution in [0.5, 0.6) is 0 Å². The zero-order valence-electron chi connectivity index (χ0n) is 9.96. The summed E-state index contributed by atoms with van der Waals surface area (Å²) in [5, 5.41) is 9.82. The van der Waals surface area contributed by atoms with Crippen LogP contribution in [0.3, 0.4) is 0 Å². The summed E-state index contributed by atoms with van der Waals surface area (Å²) in [6, 6.07) is 11.3. The second-order valence-electron chi connectivity index (χ2n) is 5.13. The maximum atomic E-state index is 9.82. The van der Waals surface area contributed by atoms with E-state index in [1.54, 1.807) is 0 Å². The summed E-state index contributed by atoms with van der Waals surface area (Å²) in [4.78, 5) is 2.51. The molecule has 2 aliphatic heterocycles. The van der Waals surface area contributed by atoms with Gasteiger partial charge in [0.05, 0.1) is 19.3 Å². The van der Waals surface area contributed by atoms with Crippen LogP contribution in [0, 0.1) is 0 Å². The Morgan fingerprint density at radius 3 is 2.41 bits per heavy atom. The van der Waals surface area contributed by atoms with Crippen molar-refractivity contribution < 1.29 is 9.84 Å². The van der Waals surface area contributed by atoms with Gasteiger partial charge in [-0.3, -0.25) is 4.90 Å². The van der Waals surface area contributed by atoms with Crippen LogP contribution < -0.4 is 0 Å². The van der Waals surface area contributed by atoms with Gasteiger partial charge in [-0.25, -0.2) is 0 Å². The highest BCUT2D eigenvalue weighted by molar-refractivity contribution is 5.15. The molecule has 2 saturated heterocycles. The number of aliphatic hydroxyl groups is 1. The zero-order chi connectivity index (χ0) is 11.7. The summed E-state index contributed by atoms with van der Waals surface area (Å²) in [5.41, 5.74) is 1.35. The van der Waals surface area contributed by atoms with E-state index in [1.807, 2.05) is 6.07 Å². The van der Waals surface area contributed by atoms with E-state index >= 15 is 0 Å². The molecule has 2 heterocycles. The Bertz CT molecular complexity index is 354. The Hall–Kier alpha value is -0.900. The lowest BCUT2D eigenvalue weighted by atomic mass is 9.91. The lowest BCUT2D eigenvalue weighted by molar-refractivity contribution is -0.108. The van der Waals surface area contributed by atoms with Crippen molar-refractivity contribution >= 4 is 0 Å². The first-order valence-electron chi connectivity index (χ1n) is 6.38. The number of nitrogens with zero attached hydrogens (tertiary/aromatic N) is 1. The second-order valence-corrected chi connectivity index (χ2v) is 5.13. The van der Waals surface area contributed by atoms with Crippen LogP contribution in [0.25, 0.3) is 0 Å². The molecule has 2 aliphatic rings. The molecule has 1 N–H and O–H groups in total. The first-order chi connectivity index (χ1) is 8.33. The lowest BCUT2D eigenvalue weighted by Gasteiger charge is -2.47. The molecule has 1 aromatic carbocycles. The summed E-state index contributed by atoms with van der Waals surface area (Å²) in [7, 11) is 0. The van der Waals surface area contributed by atoms with Gasteiger partial charge in [0, 0.05) is 18.6 Å². The van der Waals surface area contributed by atoms with Gasteiger partial charge in [-0.1, -0.05) is 30.3 Å². The maximum Gasteiger partial charge on any atom is 0.0623 e. The molecule has 0 radical (unpaired) electrons. The molecule has 0 aromatic heterocycles. The first kappa shape index (κ1) is 11.2. The van der Waals surface area contributed by atoms with E-state index < -0.39 is 0 Å². The van der Waals surface area contributed by atoms with E-state index in [9.17, 15) is 5.11 Å². The average Bonchev–Trinajstić information content (AvgIpc) is 2.32. The van der Waals surface area contributed by atoms with Gasteiger partial charge in [-0.15, -0.1) is 0 Å². The summed E-state index contributed by atoms with van der Waals surface area (Å²) >= 11 is 0. The first-order valence-corrected chi connectivity index (χ1v) is 6.38. The topological polar surface area (TPSA) is 32.7 Å². The zero-order valence-corrected chi connectivity index (χ0v) is 9.96. The van der Waals surface area contributed by atoms with Gasteiger partial charge in [0.2, 0.25) is 0 Å². The minimum absolute atomic E-state index is 0.138. The second kappa shape index (κ2) is 4.77. The summed E-state index contributed by atoms with van der Waals surface area (Å²) in [5.74, 6) is 0. The van der Waals surface area contributed by atoms with Crippen LogP contribution >= 0.6 is 0 Å². The van der Waals surface area contributed by atoms with Gasteiger partial charge in [0.1, 0.15) is 0 Å². The van der Waals surface area contributed by atoms with E-state index in [0.717, 1.165) is 32.6 Å². The van der Waals surface area contributed by atoms with Crippen LogP contribution in [0.1, 0.15) is 18.4 Å². The Morgan fingerprint density at radius 1 is 1.12 bits per heavy atom. The number of hydrogen-bond acceptors (Lipinski definition) is 3. The summed E-state index contributed by atoms with van der Waals surface area (Å²) in [6.45, 7) is 2.51. The van der Waals surface area contributed by atoms with Crippen molar-refractivity contribution in [3.8, 4) is 0 Å². The maximum absolute atomic E-state index is 9.82. The number of aliphatic hydroxyl groups excluding tert-OH is 1. The van der Waals surface area contributed by atoms with Crippen LogP contribution in [-0.2, 0) is 11.3 Å². The lowest BCUT2D eigenvalue weighted by Crippen LogP contribution is -2.57. The normalized spacial score (nSPS) is 33.6. The van der Waals surface area contributed by atoms with Crippen LogP contribution in [0.4, 0.5) is 0 Å². The highest BCUT2D eigenvalue weighted by atomic mass is 16.5. The summed E-state index contributed by atoms with van der Waals surface area (Å²) in [6.07, 6.45) is 1.56. The average molecular weight is 233 g/mol. The van der Waals surface area contributed by atoms with Gasteiger partial charge >= 0.3 is 0 Å². The van der Waals surface area contributed by atoms with E-state index in [1.165, 1.54) is 5.56 Å². The van der Waals surface area contributed by atoms with Gasteiger partial charge < -0.3 is 9.84 Å². The Balaban J connectivity index is 1.74. The van der Waals surface area contributed by atoms with Gasteiger partial charge in [-0.05, 0) is 18.4 Å². The van der Waals surface area contributed by atoms with Gasteiger partial charge in [-0.2, -0.15) is 0 Å². The van der Waals surface area contributed by atoms with Crippen molar-refractivity contribution in [1.82, 2.24) is 4.90 Å². The monoisotopic (exact) mass is 233 g/mol. The van der Waals surface area contributed by atoms with Crippen LogP contribution in [0.2, 0.25) is 0 Å². The Morgan fingerprint density at radius 2 is 1.76 bits per heavy atom. The smallest absolute Gasteiger partial charge is 0.0623 e. The molecule has 0 saturated carbocycles. The quantitative estimate of drug-likeness (QED) is 0.838. The molecule has 0 spiro atoms. The number of hydrogen-bond donors (Lipinski definition) is 1. The van der Waals surface area contributed by atoms with Crippen LogP contribution in [-0.4, -0.2) is 41.4 Å². The highest BCUT2D eigenvalue weighted by Gasteiger charge is 2.38. The van der Waals surface area contributed by atoms with Crippen molar-refractivity contribution in [1.29, 1.82) is 0 Å². The van der Waals surface area contributed by atoms with Crippen molar-refractivity contribution in [2.75, 3.05) is 13.2 Å². The molecule has 3 nitrogen and oxygen atoms in total.